The zero-order chi connectivity index (χ0) is 19.4. The van der Waals surface area contributed by atoms with Crippen LogP contribution in [0.4, 0.5) is 0 Å². The van der Waals surface area contributed by atoms with Gasteiger partial charge in [0, 0.05) is 17.6 Å². The number of hydrogen-bond donors (Lipinski definition) is 0. The molecule has 0 aliphatic carbocycles. The summed E-state index contributed by atoms with van der Waals surface area (Å²) in [6.45, 7) is 2.17. The minimum absolute atomic E-state index is 0.137. The van der Waals surface area contributed by atoms with Gasteiger partial charge in [-0.2, -0.15) is 8.42 Å². The third-order valence-corrected chi connectivity index (χ3v) is 5.08. The predicted molar refractivity (Wildman–Crippen MR) is 107 cm³/mol. The van der Waals surface area contributed by atoms with Crippen molar-refractivity contribution in [1.82, 2.24) is 4.90 Å². The maximum Gasteiger partial charge on any atom is 0.306 e. The first kappa shape index (κ1) is 20.0. The van der Waals surface area contributed by atoms with E-state index in [1.54, 1.807) is 18.2 Å². The zero-order valence-corrected chi connectivity index (χ0v) is 17.6. The monoisotopic (exact) mass is 455 g/mol. The first-order valence-electron chi connectivity index (χ1n) is 8.54. The lowest BCUT2D eigenvalue weighted by atomic mass is 10.2. The molecule has 1 aliphatic heterocycles. The molecular weight excluding hydrogens is 434 g/mol. The molecule has 0 saturated carbocycles. The number of ether oxygens (including phenoxy) is 2. The van der Waals surface area contributed by atoms with Gasteiger partial charge in [-0.3, -0.25) is 0 Å². The van der Waals surface area contributed by atoms with Gasteiger partial charge in [0.25, 0.3) is 0 Å². The molecule has 2 aromatic carbocycles. The Hall–Kier alpha value is -1.77. The van der Waals surface area contributed by atoms with Gasteiger partial charge in [-0.15, -0.1) is 0 Å². The molecule has 0 radical (unpaired) electrons. The second-order valence-electron chi connectivity index (χ2n) is 6.61. The van der Waals surface area contributed by atoms with Gasteiger partial charge in [-0.25, -0.2) is 0 Å². The van der Waals surface area contributed by atoms with Crippen LogP contribution in [-0.4, -0.2) is 45.8 Å². The van der Waals surface area contributed by atoms with Crippen molar-refractivity contribution in [3.8, 4) is 17.2 Å². The first-order valence-corrected chi connectivity index (χ1v) is 11.2. The minimum atomic E-state index is -3.56. The van der Waals surface area contributed by atoms with Crippen LogP contribution in [-0.2, 0) is 16.7 Å². The van der Waals surface area contributed by atoms with E-state index in [4.69, 9.17) is 13.7 Å². The van der Waals surface area contributed by atoms with Crippen molar-refractivity contribution in [2.75, 3.05) is 26.4 Å². The summed E-state index contributed by atoms with van der Waals surface area (Å²) < 4.78 is 40.5. The van der Waals surface area contributed by atoms with Crippen LogP contribution in [0.2, 0.25) is 0 Å². The third-order valence-electron chi connectivity index (χ3n) is 4.09. The Morgan fingerprint density at radius 1 is 1.19 bits per heavy atom. The van der Waals surface area contributed by atoms with Crippen LogP contribution >= 0.6 is 15.9 Å². The molecule has 0 aromatic heterocycles. The Labute approximate surface area is 168 Å². The largest absolute Gasteiger partial charge is 0.485 e. The molecule has 0 N–H and O–H groups in total. The summed E-state index contributed by atoms with van der Waals surface area (Å²) in [5.74, 6) is 1.59. The molecule has 1 saturated heterocycles. The zero-order valence-electron chi connectivity index (χ0n) is 15.2. The number of hydrogen-bond acceptors (Lipinski definition) is 6. The van der Waals surface area contributed by atoms with Crippen molar-refractivity contribution in [3.63, 3.8) is 0 Å². The summed E-state index contributed by atoms with van der Waals surface area (Å²) in [5, 5.41) is 0. The lowest BCUT2D eigenvalue weighted by Crippen LogP contribution is -2.21. The third kappa shape index (κ3) is 6.12. The van der Waals surface area contributed by atoms with Gasteiger partial charge < -0.3 is 18.6 Å². The molecule has 0 amide bonds. The fourth-order valence-corrected chi connectivity index (χ4v) is 3.68. The molecule has 0 bridgehead atoms. The molecule has 3 rings (SSSR count). The fraction of sp³-hybridized carbons (Fsp3) is 0.368. The quantitative estimate of drug-likeness (QED) is 0.595. The van der Waals surface area contributed by atoms with E-state index in [-0.39, 0.29) is 18.5 Å². The Balaban J connectivity index is 1.70. The number of likely N-dealkylation sites (N-methyl/N-ethyl adjacent to an activating group) is 1. The Bertz CT molecular complexity index is 903. The molecule has 1 fully saturated rings. The Morgan fingerprint density at radius 3 is 2.70 bits per heavy atom. The first-order chi connectivity index (χ1) is 12.8. The molecule has 1 heterocycles. The van der Waals surface area contributed by atoms with Gasteiger partial charge in [-0.05, 0) is 49.4 Å². The Morgan fingerprint density at radius 2 is 2.00 bits per heavy atom. The summed E-state index contributed by atoms with van der Waals surface area (Å²) in [7, 11) is -1.48. The number of rotatable bonds is 7. The van der Waals surface area contributed by atoms with Crippen LogP contribution < -0.4 is 13.7 Å². The van der Waals surface area contributed by atoms with E-state index >= 15 is 0 Å². The van der Waals surface area contributed by atoms with E-state index in [1.165, 1.54) is 0 Å². The van der Waals surface area contributed by atoms with Gasteiger partial charge in [0.15, 0.2) is 11.5 Å². The topological polar surface area (TPSA) is 65.1 Å². The smallest absolute Gasteiger partial charge is 0.306 e. The van der Waals surface area contributed by atoms with Crippen LogP contribution in [0.15, 0.2) is 46.9 Å². The molecular formula is C19H22BrNO5S. The van der Waals surface area contributed by atoms with Crippen LogP contribution in [0.5, 0.6) is 17.2 Å². The molecule has 1 aliphatic rings. The van der Waals surface area contributed by atoms with E-state index in [0.29, 0.717) is 11.5 Å². The molecule has 146 valence electrons. The summed E-state index contributed by atoms with van der Waals surface area (Å²) in [5.41, 5.74) is 0.797. The van der Waals surface area contributed by atoms with Crippen LogP contribution in [0, 0.1) is 0 Å². The van der Waals surface area contributed by atoms with Crippen molar-refractivity contribution in [2.45, 2.75) is 19.1 Å². The van der Waals surface area contributed by atoms with E-state index in [1.807, 2.05) is 24.3 Å². The van der Waals surface area contributed by atoms with Gasteiger partial charge in [-0.1, -0.05) is 28.1 Å². The lowest BCUT2D eigenvalue weighted by Gasteiger charge is -2.17. The van der Waals surface area contributed by atoms with Crippen LogP contribution in [0.25, 0.3) is 0 Å². The van der Waals surface area contributed by atoms with Gasteiger partial charge >= 0.3 is 10.1 Å². The summed E-state index contributed by atoms with van der Waals surface area (Å²) in [6, 6.07) is 12.5. The Kier molecular flexibility index (Phi) is 6.29. The van der Waals surface area contributed by atoms with Gasteiger partial charge in [0.05, 0.1) is 6.26 Å². The number of likely N-dealkylation sites (tertiary alicyclic amines) is 1. The molecule has 1 unspecified atom stereocenters. The lowest BCUT2D eigenvalue weighted by molar-refractivity contribution is 0.192. The van der Waals surface area contributed by atoms with Gasteiger partial charge in [0.1, 0.15) is 18.5 Å². The second kappa shape index (κ2) is 8.50. The molecule has 1 atom stereocenters. The molecule has 2 aromatic rings. The summed E-state index contributed by atoms with van der Waals surface area (Å²) in [6.07, 6.45) is 2.13. The maximum absolute atomic E-state index is 11.3. The predicted octanol–water partition coefficient (Wildman–Crippen LogP) is 3.45. The highest BCUT2D eigenvalue weighted by Gasteiger charge is 2.22. The highest BCUT2D eigenvalue weighted by Crippen LogP contribution is 2.33. The van der Waals surface area contributed by atoms with Crippen molar-refractivity contribution >= 4 is 26.0 Å². The normalized spacial score (nSPS) is 17.7. The second-order valence-corrected chi connectivity index (χ2v) is 9.10. The minimum Gasteiger partial charge on any atom is -0.485 e. The average molecular weight is 456 g/mol. The number of halogens is 1. The van der Waals surface area contributed by atoms with Crippen LogP contribution in [0.3, 0.4) is 0 Å². The SMILES string of the molecule is CN1CCC(Oc2cc(Br)ccc2OCc2cccc(OS(C)(=O)=O)c2)C1. The van der Waals surface area contributed by atoms with Crippen molar-refractivity contribution < 1.29 is 22.1 Å². The van der Waals surface area contributed by atoms with E-state index in [9.17, 15) is 8.42 Å². The van der Waals surface area contributed by atoms with Gasteiger partial charge in [0.2, 0.25) is 0 Å². The highest BCUT2D eigenvalue weighted by molar-refractivity contribution is 9.10. The molecule has 0 spiro atoms. The number of nitrogens with zero attached hydrogens (tertiary/aromatic N) is 1. The van der Waals surface area contributed by atoms with E-state index in [0.717, 1.165) is 35.8 Å². The number of benzene rings is 2. The fourth-order valence-electron chi connectivity index (χ4n) is 2.89. The van der Waals surface area contributed by atoms with Crippen LogP contribution in [0.1, 0.15) is 12.0 Å². The van der Waals surface area contributed by atoms with E-state index < -0.39 is 10.1 Å². The summed E-state index contributed by atoms with van der Waals surface area (Å²) >= 11 is 3.47. The average Bonchev–Trinajstić information content (AvgIpc) is 2.98. The van der Waals surface area contributed by atoms with Crippen molar-refractivity contribution in [2.24, 2.45) is 0 Å². The molecule has 6 nitrogen and oxygen atoms in total. The molecule has 8 heteroatoms. The maximum atomic E-state index is 11.3. The summed E-state index contributed by atoms with van der Waals surface area (Å²) in [4.78, 5) is 2.23. The van der Waals surface area contributed by atoms with Crippen molar-refractivity contribution in [1.29, 1.82) is 0 Å². The highest BCUT2D eigenvalue weighted by atomic mass is 79.9. The molecule has 27 heavy (non-hydrogen) atoms. The van der Waals surface area contributed by atoms with Crippen molar-refractivity contribution in [3.05, 3.63) is 52.5 Å². The van der Waals surface area contributed by atoms with E-state index in [2.05, 4.69) is 27.9 Å². The standard InChI is InChI=1S/C19H22BrNO5S/c1-21-9-8-17(12-21)25-19-11-15(20)6-7-18(19)24-13-14-4-3-5-16(10-14)26-27(2,22)23/h3-7,10-11,17H,8-9,12-13H2,1-2H3.